The van der Waals surface area contributed by atoms with Crippen LogP contribution in [0, 0.1) is 0 Å². The van der Waals surface area contributed by atoms with Crippen molar-refractivity contribution in [3.63, 3.8) is 0 Å². The van der Waals surface area contributed by atoms with Gasteiger partial charge < -0.3 is 50.2 Å². The summed E-state index contributed by atoms with van der Waals surface area (Å²) in [6, 6.07) is 0. The molecule has 14 nitrogen and oxygen atoms in total. The van der Waals surface area contributed by atoms with Crippen molar-refractivity contribution in [3.05, 3.63) is 0 Å². The van der Waals surface area contributed by atoms with Crippen molar-refractivity contribution in [2.75, 3.05) is 0 Å². The quantitative estimate of drug-likeness (QED) is 0.198. The summed E-state index contributed by atoms with van der Waals surface area (Å²) in [4.78, 5) is 52.2. The van der Waals surface area contributed by atoms with Gasteiger partial charge in [0.05, 0.1) is 0 Å². The highest BCUT2D eigenvalue weighted by atomic mass is 31.2. The van der Waals surface area contributed by atoms with Gasteiger partial charge >= 0.3 is 27.1 Å². The van der Waals surface area contributed by atoms with Crippen LogP contribution in [-0.4, -0.2) is 86.0 Å². The van der Waals surface area contributed by atoms with Gasteiger partial charge in [-0.25, -0.2) is 9.59 Å². The smallest absolute Gasteiger partial charge is 0.357 e. The molecule has 0 saturated heterocycles. The fourth-order valence-electron chi connectivity index (χ4n) is 0.623. The van der Waals surface area contributed by atoms with Crippen LogP contribution >= 0.6 is 15.2 Å². The lowest BCUT2D eigenvalue weighted by Gasteiger charge is -2.14. The number of hydrogen-bond acceptors (Lipinski definition) is 8. The molecule has 0 aliphatic rings. The maximum absolute atomic E-state index is 10.1. The van der Waals surface area contributed by atoms with Crippen molar-refractivity contribution < 1.29 is 68.9 Å². The molecule has 0 bridgehead atoms. The van der Waals surface area contributed by atoms with Gasteiger partial charge in [0.1, 0.15) is 0 Å². The molecule has 0 radical (unpaired) electrons. The number of aliphatic hydroxyl groups excluding tert-OH is 4. The molecule has 10 N–H and O–H groups in total. The number of carbonyl (C=O) groups is 2. The molecule has 4 atom stereocenters. The van der Waals surface area contributed by atoms with Crippen LogP contribution < -0.4 is 0 Å². The lowest BCUT2D eigenvalue weighted by atomic mass is 10.4. The summed E-state index contributed by atoms with van der Waals surface area (Å²) in [7, 11) is -9.88. The van der Waals surface area contributed by atoms with Gasteiger partial charge in [-0.2, -0.15) is 0 Å². The summed E-state index contributed by atoms with van der Waals surface area (Å²) >= 11 is 0. The number of hydrogen-bond donors (Lipinski definition) is 10. The summed E-state index contributed by atoms with van der Waals surface area (Å²) in [5.74, 6) is -8.92. The molecular formula is C6H14O14P2. The van der Waals surface area contributed by atoms with Crippen LogP contribution in [0.2, 0.25) is 0 Å². The van der Waals surface area contributed by atoms with Gasteiger partial charge in [0.15, 0.2) is 23.9 Å². The molecule has 0 spiro atoms. The fourth-order valence-corrected chi connectivity index (χ4v) is 1.61. The Morgan fingerprint density at radius 3 is 0.864 bits per heavy atom. The first-order valence-corrected chi connectivity index (χ1v) is 8.18. The molecule has 16 heteroatoms. The fraction of sp³-hybridized carbons (Fsp3) is 0.667. The Hall–Kier alpha value is -0.920. The molecule has 0 saturated carbocycles. The number of aliphatic hydroxyl groups is 4. The van der Waals surface area contributed by atoms with E-state index in [9.17, 15) is 18.7 Å². The zero-order chi connectivity index (χ0) is 18.5. The Morgan fingerprint density at radius 2 is 0.818 bits per heavy atom. The van der Waals surface area contributed by atoms with E-state index in [1.165, 1.54) is 0 Å². The van der Waals surface area contributed by atoms with Gasteiger partial charge in [-0.15, -0.1) is 0 Å². The lowest BCUT2D eigenvalue weighted by Crippen LogP contribution is -2.33. The van der Waals surface area contributed by atoms with E-state index in [1.54, 1.807) is 0 Å². The van der Waals surface area contributed by atoms with Crippen molar-refractivity contribution in [3.8, 4) is 0 Å². The second-order valence-corrected chi connectivity index (χ2v) is 6.99. The third-order valence-electron chi connectivity index (χ3n) is 1.76. The van der Waals surface area contributed by atoms with Gasteiger partial charge in [-0.05, 0) is 0 Å². The molecule has 0 aliphatic heterocycles. The third kappa shape index (κ3) is 8.51. The minimum Gasteiger partial charge on any atom is -0.479 e. The minimum atomic E-state index is -4.94. The summed E-state index contributed by atoms with van der Waals surface area (Å²) in [5, 5.41) is 49.6. The molecule has 0 rings (SSSR count). The van der Waals surface area contributed by atoms with Crippen LogP contribution in [0.1, 0.15) is 0 Å². The van der Waals surface area contributed by atoms with Crippen molar-refractivity contribution >= 4 is 27.1 Å². The standard InChI is InChI=1S/2C3H7O7P/c2*4-1(2(5)6)3(7)11(8,9)10/h2*1,3-4,7H,(H,5,6)(H2,8,9,10). The van der Waals surface area contributed by atoms with E-state index in [4.69, 9.17) is 50.2 Å². The largest absolute Gasteiger partial charge is 0.479 e. The highest BCUT2D eigenvalue weighted by molar-refractivity contribution is 7.52. The minimum absolute atomic E-state index is 1.89. The molecule has 0 aromatic heterocycles. The first kappa shape index (κ1) is 23.3. The Labute approximate surface area is 121 Å². The molecule has 0 aliphatic carbocycles. The lowest BCUT2D eigenvalue weighted by molar-refractivity contribution is -0.151. The Balaban J connectivity index is 0. The van der Waals surface area contributed by atoms with Crippen molar-refractivity contribution in [1.29, 1.82) is 0 Å². The van der Waals surface area contributed by atoms with Crippen LogP contribution in [0.5, 0.6) is 0 Å². The summed E-state index contributed by atoms with van der Waals surface area (Å²) in [5.41, 5.74) is 0. The first-order chi connectivity index (χ1) is 9.53. The van der Waals surface area contributed by atoms with E-state index in [1.807, 2.05) is 0 Å². The number of rotatable bonds is 6. The van der Waals surface area contributed by atoms with Gasteiger partial charge in [-0.3, -0.25) is 9.13 Å². The Morgan fingerprint density at radius 1 is 0.636 bits per heavy atom. The molecule has 0 aromatic carbocycles. The summed E-state index contributed by atoms with van der Waals surface area (Å²) in [6.07, 6.45) is -4.92. The molecule has 0 amide bonds. The predicted octanol–water partition coefficient (Wildman–Crippen LogP) is -4.14. The van der Waals surface area contributed by atoms with Gasteiger partial charge in [-0.1, -0.05) is 0 Å². The Bertz CT molecular complexity index is 432. The monoisotopic (exact) mass is 372 g/mol. The van der Waals surface area contributed by atoms with Crippen LogP contribution in [0.3, 0.4) is 0 Å². The average Bonchev–Trinajstić information content (AvgIpc) is 2.33. The van der Waals surface area contributed by atoms with Crippen LogP contribution in [-0.2, 0) is 18.7 Å². The zero-order valence-electron chi connectivity index (χ0n) is 10.3. The molecular weight excluding hydrogens is 358 g/mol. The molecule has 0 fully saturated rings. The van der Waals surface area contributed by atoms with Gasteiger partial charge in [0, 0.05) is 0 Å². The topological polar surface area (TPSA) is 271 Å². The van der Waals surface area contributed by atoms with E-state index in [0.29, 0.717) is 0 Å². The maximum atomic E-state index is 10.1. The van der Waals surface area contributed by atoms with Gasteiger partial charge in [0.25, 0.3) is 0 Å². The molecule has 0 heterocycles. The first-order valence-electron chi connectivity index (χ1n) is 4.81. The SMILES string of the molecule is O=C(O)C(O)C(O)P(=O)(O)O.O=C(O)C(O)C(O)P(=O)(O)O. The second-order valence-electron chi connectivity index (χ2n) is 3.57. The highest BCUT2D eigenvalue weighted by Crippen LogP contribution is 2.41. The maximum Gasteiger partial charge on any atom is 0.357 e. The number of aliphatic carboxylic acids is 2. The number of carboxylic acid groups (broad SMARTS) is 2. The normalized spacial score (nSPS) is 17.5. The summed E-state index contributed by atoms with van der Waals surface area (Å²) in [6.45, 7) is 0. The highest BCUT2D eigenvalue weighted by Gasteiger charge is 2.38. The summed E-state index contributed by atoms with van der Waals surface area (Å²) < 4.78 is 20.2. The van der Waals surface area contributed by atoms with E-state index >= 15 is 0 Å². The van der Waals surface area contributed by atoms with E-state index < -0.39 is 51.0 Å². The second kappa shape index (κ2) is 8.64. The Kier molecular flexibility index (Phi) is 9.17. The zero-order valence-corrected chi connectivity index (χ0v) is 12.1. The van der Waals surface area contributed by atoms with Crippen LogP contribution in [0.25, 0.3) is 0 Å². The third-order valence-corrected chi connectivity index (χ3v) is 3.70. The number of carboxylic acids is 2. The van der Waals surface area contributed by atoms with Crippen LogP contribution in [0.4, 0.5) is 0 Å². The molecule has 4 unspecified atom stereocenters. The average molecular weight is 372 g/mol. The van der Waals surface area contributed by atoms with Gasteiger partial charge in [0.2, 0.25) is 0 Å². The molecule has 0 aromatic rings. The van der Waals surface area contributed by atoms with Crippen LogP contribution in [0.15, 0.2) is 0 Å². The van der Waals surface area contributed by atoms with E-state index in [2.05, 4.69) is 0 Å². The molecule has 22 heavy (non-hydrogen) atoms. The van der Waals surface area contributed by atoms with E-state index in [-0.39, 0.29) is 0 Å². The molecule has 132 valence electrons. The van der Waals surface area contributed by atoms with Crippen molar-refractivity contribution in [2.24, 2.45) is 0 Å². The van der Waals surface area contributed by atoms with E-state index in [0.717, 1.165) is 0 Å². The predicted molar refractivity (Wildman–Crippen MR) is 63.4 cm³/mol. The van der Waals surface area contributed by atoms with Crippen molar-refractivity contribution in [2.45, 2.75) is 23.9 Å². The van der Waals surface area contributed by atoms with Crippen molar-refractivity contribution in [1.82, 2.24) is 0 Å².